The molecule has 0 aliphatic carbocycles. The van der Waals surface area contributed by atoms with Gasteiger partial charge in [-0.3, -0.25) is 19.3 Å². The molecule has 3 aromatic rings. The van der Waals surface area contributed by atoms with Gasteiger partial charge in [0, 0.05) is 68.5 Å². The standard InChI is InChI=1S/C29H36N4O3S/c1-19-7-9-22(10-8-19)16-31-14-21(3)33(15-20(31)2)28(35)25-17-32(18-37-6)26-12-11-23(13-24(25)26)27(34)29(36)30(4)5/h7-13,17,20-21H,14-16,18H2,1-6H3/t20-,21+/m0/s1. The SMILES string of the molecule is CSCn1cc(C(=O)N2C[C@H](C)N(Cc3ccc(C)cc3)C[C@H]2C)c2cc(C(=O)C(=O)N(C)C)ccc21. The number of Topliss-reactive ketones (excluding diaryl/α,β-unsaturated/α-hetero) is 1. The van der Waals surface area contributed by atoms with Gasteiger partial charge in [-0.05, 0) is 50.8 Å². The lowest BCUT2D eigenvalue weighted by Crippen LogP contribution is -2.57. The number of nitrogens with zero attached hydrogens (tertiary/aromatic N) is 4. The van der Waals surface area contributed by atoms with Gasteiger partial charge in [0.1, 0.15) is 0 Å². The molecule has 0 unspecified atom stereocenters. The lowest BCUT2D eigenvalue weighted by molar-refractivity contribution is -0.124. The Morgan fingerprint density at radius 3 is 2.35 bits per heavy atom. The number of likely N-dealkylation sites (N-methyl/N-ethyl adjacent to an activating group) is 1. The number of hydrogen-bond acceptors (Lipinski definition) is 5. The molecule has 1 fully saturated rings. The summed E-state index contributed by atoms with van der Waals surface area (Å²) in [6.45, 7) is 8.61. The highest BCUT2D eigenvalue weighted by Crippen LogP contribution is 2.28. The molecule has 2 atom stereocenters. The largest absolute Gasteiger partial charge is 0.342 e. The van der Waals surface area contributed by atoms with Crippen molar-refractivity contribution >= 4 is 40.3 Å². The van der Waals surface area contributed by atoms with Gasteiger partial charge < -0.3 is 14.4 Å². The number of fused-ring (bicyclic) bond motifs is 1. The molecule has 0 spiro atoms. The Morgan fingerprint density at radius 1 is 1.00 bits per heavy atom. The third kappa shape index (κ3) is 5.60. The van der Waals surface area contributed by atoms with Gasteiger partial charge in [0.2, 0.25) is 5.78 Å². The van der Waals surface area contributed by atoms with Crippen molar-refractivity contribution < 1.29 is 14.4 Å². The number of aryl methyl sites for hydroxylation is 1. The van der Waals surface area contributed by atoms with Crippen molar-refractivity contribution in [1.29, 1.82) is 0 Å². The van der Waals surface area contributed by atoms with Crippen molar-refractivity contribution in [3.8, 4) is 0 Å². The van der Waals surface area contributed by atoms with E-state index >= 15 is 0 Å². The molecule has 1 aliphatic rings. The Bertz CT molecular complexity index is 1310. The van der Waals surface area contributed by atoms with Crippen molar-refractivity contribution in [3.05, 3.63) is 70.9 Å². The first-order valence-corrected chi connectivity index (χ1v) is 14.0. The van der Waals surface area contributed by atoms with Crippen molar-refractivity contribution in [3.63, 3.8) is 0 Å². The number of aromatic nitrogens is 1. The van der Waals surface area contributed by atoms with E-state index in [4.69, 9.17) is 0 Å². The maximum absolute atomic E-state index is 13.9. The molecule has 37 heavy (non-hydrogen) atoms. The van der Waals surface area contributed by atoms with E-state index in [-0.39, 0.29) is 18.0 Å². The van der Waals surface area contributed by atoms with Crippen LogP contribution in [0.3, 0.4) is 0 Å². The average molecular weight is 521 g/mol. The van der Waals surface area contributed by atoms with E-state index in [2.05, 4.69) is 49.9 Å². The quantitative estimate of drug-likeness (QED) is 0.344. The second kappa shape index (κ2) is 11.1. The number of carbonyl (C=O) groups is 3. The molecule has 7 nitrogen and oxygen atoms in total. The van der Waals surface area contributed by atoms with Crippen molar-refractivity contribution in [2.75, 3.05) is 33.4 Å². The Labute approximate surface area is 223 Å². The average Bonchev–Trinajstić information content (AvgIpc) is 3.23. The van der Waals surface area contributed by atoms with Crippen LogP contribution in [0.5, 0.6) is 0 Å². The zero-order valence-electron chi connectivity index (χ0n) is 22.5. The summed E-state index contributed by atoms with van der Waals surface area (Å²) >= 11 is 1.66. The molecular weight excluding hydrogens is 484 g/mol. The number of hydrogen-bond donors (Lipinski definition) is 0. The van der Waals surface area contributed by atoms with Crippen molar-refractivity contribution in [2.24, 2.45) is 0 Å². The maximum atomic E-state index is 13.9. The molecule has 2 amide bonds. The molecule has 1 aromatic heterocycles. The van der Waals surface area contributed by atoms with Gasteiger partial charge in [0.15, 0.2) is 0 Å². The third-order valence-corrected chi connectivity index (χ3v) is 7.66. The topological polar surface area (TPSA) is 65.9 Å². The summed E-state index contributed by atoms with van der Waals surface area (Å²) in [4.78, 5) is 44.6. The number of benzene rings is 2. The molecule has 8 heteroatoms. The Morgan fingerprint density at radius 2 is 1.70 bits per heavy atom. The molecule has 2 heterocycles. The Hall–Kier alpha value is -3.10. The Balaban J connectivity index is 1.62. The van der Waals surface area contributed by atoms with Gasteiger partial charge in [-0.25, -0.2) is 0 Å². The van der Waals surface area contributed by atoms with E-state index in [9.17, 15) is 14.4 Å². The van der Waals surface area contributed by atoms with E-state index in [1.54, 1.807) is 38.0 Å². The number of carbonyl (C=O) groups excluding carboxylic acids is 3. The van der Waals surface area contributed by atoms with Crippen LogP contribution >= 0.6 is 11.8 Å². The minimum atomic E-state index is -0.581. The fourth-order valence-electron chi connectivity index (χ4n) is 4.97. The number of ketones is 1. The van der Waals surface area contributed by atoms with Crippen molar-refractivity contribution in [2.45, 2.75) is 45.3 Å². The minimum absolute atomic E-state index is 0.0354. The number of rotatable bonds is 7. The van der Waals surface area contributed by atoms with E-state index in [0.717, 1.165) is 18.6 Å². The van der Waals surface area contributed by atoms with Gasteiger partial charge in [-0.15, -0.1) is 11.8 Å². The van der Waals surface area contributed by atoms with E-state index in [1.165, 1.54) is 16.0 Å². The second-order valence-corrected chi connectivity index (χ2v) is 11.1. The van der Waals surface area contributed by atoms with Crippen LogP contribution in [-0.2, 0) is 17.2 Å². The highest BCUT2D eigenvalue weighted by atomic mass is 32.2. The van der Waals surface area contributed by atoms with Gasteiger partial charge in [0.05, 0.1) is 11.4 Å². The zero-order chi connectivity index (χ0) is 26.9. The smallest absolute Gasteiger partial charge is 0.294 e. The molecular formula is C29H36N4O3S. The first-order valence-electron chi connectivity index (χ1n) is 12.6. The van der Waals surface area contributed by atoms with Gasteiger partial charge in [0.25, 0.3) is 11.8 Å². The van der Waals surface area contributed by atoms with E-state index < -0.39 is 11.7 Å². The lowest BCUT2D eigenvalue weighted by atomic mass is 10.0. The highest BCUT2D eigenvalue weighted by molar-refractivity contribution is 7.97. The summed E-state index contributed by atoms with van der Waals surface area (Å²) in [6, 6.07) is 14.1. The molecule has 1 saturated heterocycles. The fraction of sp³-hybridized carbons (Fsp3) is 0.414. The molecule has 2 aromatic carbocycles. The summed E-state index contributed by atoms with van der Waals surface area (Å²) in [5.41, 5.74) is 4.27. The molecule has 0 radical (unpaired) electrons. The van der Waals surface area contributed by atoms with Gasteiger partial charge >= 0.3 is 0 Å². The monoisotopic (exact) mass is 520 g/mol. The van der Waals surface area contributed by atoms with Crippen LogP contribution in [0.4, 0.5) is 0 Å². The van der Waals surface area contributed by atoms with Crippen LogP contribution in [0.1, 0.15) is 45.7 Å². The van der Waals surface area contributed by atoms with E-state index in [1.807, 2.05) is 28.0 Å². The maximum Gasteiger partial charge on any atom is 0.294 e. The summed E-state index contributed by atoms with van der Waals surface area (Å²) < 4.78 is 2.04. The van der Waals surface area contributed by atoms with Crippen LogP contribution in [0, 0.1) is 6.92 Å². The summed E-state index contributed by atoms with van der Waals surface area (Å²) in [5, 5.41) is 0.707. The predicted octanol–water partition coefficient (Wildman–Crippen LogP) is 4.28. The zero-order valence-corrected chi connectivity index (χ0v) is 23.3. The number of thioether (sulfide) groups is 1. The van der Waals surface area contributed by atoms with Crippen LogP contribution in [-0.4, -0.2) is 82.4 Å². The van der Waals surface area contributed by atoms with Crippen LogP contribution in [0.15, 0.2) is 48.7 Å². The van der Waals surface area contributed by atoms with Crippen LogP contribution in [0.2, 0.25) is 0 Å². The molecule has 0 saturated carbocycles. The molecule has 4 rings (SSSR count). The summed E-state index contributed by atoms with van der Waals surface area (Å²) in [6.07, 6.45) is 3.90. The van der Waals surface area contributed by atoms with Gasteiger partial charge in [-0.2, -0.15) is 0 Å². The highest BCUT2D eigenvalue weighted by Gasteiger charge is 2.34. The first kappa shape index (κ1) is 26.9. The van der Waals surface area contributed by atoms with E-state index in [0.29, 0.717) is 28.9 Å². The normalized spacial score (nSPS) is 18.3. The van der Waals surface area contributed by atoms with Crippen molar-refractivity contribution in [1.82, 2.24) is 19.3 Å². The summed E-state index contributed by atoms with van der Waals surface area (Å²) in [5.74, 6) is -0.510. The molecule has 0 bridgehead atoms. The number of piperazine rings is 1. The third-order valence-electron chi connectivity index (χ3n) is 7.12. The molecule has 196 valence electrons. The predicted molar refractivity (Wildman–Crippen MR) is 150 cm³/mol. The molecule has 0 N–H and O–H groups in total. The minimum Gasteiger partial charge on any atom is -0.342 e. The Kier molecular flexibility index (Phi) is 8.09. The lowest BCUT2D eigenvalue weighted by Gasteiger charge is -2.44. The molecule has 1 aliphatic heterocycles. The fourth-order valence-corrected chi connectivity index (χ4v) is 5.46. The van der Waals surface area contributed by atoms with Crippen LogP contribution in [0.25, 0.3) is 10.9 Å². The van der Waals surface area contributed by atoms with Crippen LogP contribution < -0.4 is 0 Å². The second-order valence-electron chi connectivity index (χ2n) is 10.3. The summed E-state index contributed by atoms with van der Waals surface area (Å²) in [7, 11) is 3.12. The van der Waals surface area contributed by atoms with Gasteiger partial charge in [-0.1, -0.05) is 29.8 Å². The first-order chi connectivity index (χ1) is 17.6. The number of amides is 2.